The van der Waals surface area contributed by atoms with Gasteiger partial charge in [-0.05, 0) is 6.92 Å². The maximum atomic E-state index is 12.0. The number of Topliss-reactive ketones (excluding diaryl/α,β-unsaturated/α-hetero) is 1. The van der Waals surface area contributed by atoms with Crippen LogP contribution in [-0.4, -0.2) is 57.2 Å². The molecule has 0 spiro atoms. The van der Waals surface area contributed by atoms with Crippen molar-refractivity contribution in [2.45, 2.75) is 33.7 Å². The molecule has 0 aliphatic rings. The first-order valence-corrected chi connectivity index (χ1v) is 6.08. The van der Waals surface area contributed by atoms with E-state index in [-0.39, 0.29) is 17.2 Å². The van der Waals surface area contributed by atoms with Crippen molar-refractivity contribution in [1.82, 2.24) is 4.90 Å². The van der Waals surface area contributed by atoms with E-state index in [1.807, 2.05) is 20.8 Å². The van der Waals surface area contributed by atoms with Gasteiger partial charge in [0.2, 0.25) is 0 Å². The van der Waals surface area contributed by atoms with Gasteiger partial charge in [-0.25, -0.2) is 0 Å². The Balaban J connectivity index is 4.42. The molecule has 1 unspecified atom stereocenters. The summed E-state index contributed by atoms with van der Waals surface area (Å²) >= 11 is 0. The van der Waals surface area contributed by atoms with Crippen LogP contribution in [-0.2, 0) is 14.3 Å². The van der Waals surface area contributed by atoms with Crippen molar-refractivity contribution in [2.24, 2.45) is 5.41 Å². The molecule has 0 rings (SSSR count). The summed E-state index contributed by atoms with van der Waals surface area (Å²) in [5, 5.41) is 0. The van der Waals surface area contributed by atoms with Crippen molar-refractivity contribution in [2.75, 3.05) is 40.5 Å². The predicted molar refractivity (Wildman–Crippen MR) is 69.2 cm³/mol. The highest BCUT2D eigenvalue weighted by Crippen LogP contribution is 2.16. The summed E-state index contributed by atoms with van der Waals surface area (Å²) in [6, 6.07) is 0.224. The van der Waals surface area contributed by atoms with Gasteiger partial charge in [0.15, 0.2) is 5.78 Å². The Morgan fingerprint density at radius 2 is 1.82 bits per heavy atom. The van der Waals surface area contributed by atoms with Crippen LogP contribution in [0.5, 0.6) is 0 Å². The molecule has 4 nitrogen and oxygen atoms in total. The van der Waals surface area contributed by atoms with E-state index in [4.69, 9.17) is 9.47 Å². The Kier molecular flexibility index (Phi) is 7.59. The third-order valence-electron chi connectivity index (χ3n) is 2.80. The Labute approximate surface area is 105 Å². The number of hydrogen-bond acceptors (Lipinski definition) is 4. The summed E-state index contributed by atoms with van der Waals surface area (Å²) in [4.78, 5) is 14.1. The molecule has 0 aromatic carbocycles. The molecule has 102 valence electrons. The first-order chi connectivity index (χ1) is 7.82. The maximum Gasteiger partial charge on any atom is 0.152 e. The lowest BCUT2D eigenvalue weighted by atomic mass is 9.90. The van der Waals surface area contributed by atoms with E-state index in [0.717, 1.165) is 6.54 Å². The Morgan fingerprint density at radius 1 is 1.24 bits per heavy atom. The van der Waals surface area contributed by atoms with E-state index in [9.17, 15) is 4.79 Å². The van der Waals surface area contributed by atoms with Crippen molar-refractivity contribution in [3.05, 3.63) is 0 Å². The smallest absolute Gasteiger partial charge is 0.152 e. The van der Waals surface area contributed by atoms with E-state index >= 15 is 0 Å². The number of ketones is 1. The quantitative estimate of drug-likeness (QED) is 0.651. The third-order valence-corrected chi connectivity index (χ3v) is 2.80. The molecule has 0 aromatic heterocycles. The number of ether oxygens (including phenoxy) is 2. The fraction of sp³-hybridized carbons (Fsp3) is 0.923. The lowest BCUT2D eigenvalue weighted by molar-refractivity contribution is -0.128. The van der Waals surface area contributed by atoms with Crippen LogP contribution < -0.4 is 0 Å². The number of methoxy groups -OCH3 is 2. The Morgan fingerprint density at radius 3 is 2.24 bits per heavy atom. The van der Waals surface area contributed by atoms with E-state index in [2.05, 4.69) is 11.8 Å². The van der Waals surface area contributed by atoms with Crippen molar-refractivity contribution in [3.8, 4) is 0 Å². The maximum absolute atomic E-state index is 12.0. The number of carbonyl (C=O) groups excluding carboxylic acids is 1. The lowest BCUT2D eigenvalue weighted by Crippen LogP contribution is -2.44. The SMILES string of the molecule is COCCN(CC(=O)C(C)(C)C)C(C)COC. The number of carbonyl (C=O) groups is 1. The van der Waals surface area contributed by atoms with Gasteiger partial charge >= 0.3 is 0 Å². The summed E-state index contributed by atoms with van der Waals surface area (Å²) in [6.45, 7) is 10.4. The fourth-order valence-electron chi connectivity index (χ4n) is 1.43. The molecule has 0 amide bonds. The van der Waals surface area contributed by atoms with Crippen LogP contribution in [0.3, 0.4) is 0 Å². The molecule has 0 fully saturated rings. The highest BCUT2D eigenvalue weighted by molar-refractivity contribution is 5.85. The van der Waals surface area contributed by atoms with Crippen molar-refractivity contribution < 1.29 is 14.3 Å². The average Bonchev–Trinajstić information content (AvgIpc) is 2.22. The molecular weight excluding hydrogens is 218 g/mol. The van der Waals surface area contributed by atoms with Crippen LogP contribution in [0, 0.1) is 5.41 Å². The second kappa shape index (κ2) is 7.80. The molecule has 0 aromatic rings. The first-order valence-electron chi connectivity index (χ1n) is 6.08. The van der Waals surface area contributed by atoms with E-state index in [0.29, 0.717) is 19.8 Å². The summed E-state index contributed by atoms with van der Waals surface area (Å²) in [5.41, 5.74) is -0.294. The normalized spacial score (nSPS) is 14.1. The minimum Gasteiger partial charge on any atom is -0.383 e. The van der Waals surface area contributed by atoms with Crippen molar-refractivity contribution >= 4 is 5.78 Å². The van der Waals surface area contributed by atoms with E-state index in [1.54, 1.807) is 14.2 Å². The van der Waals surface area contributed by atoms with Crippen molar-refractivity contribution in [3.63, 3.8) is 0 Å². The molecule has 1 atom stereocenters. The van der Waals surface area contributed by atoms with Gasteiger partial charge in [-0.1, -0.05) is 20.8 Å². The average molecular weight is 245 g/mol. The van der Waals surface area contributed by atoms with Crippen LogP contribution in [0.1, 0.15) is 27.7 Å². The second-order valence-electron chi connectivity index (χ2n) is 5.44. The van der Waals surface area contributed by atoms with Crippen LogP contribution in [0.2, 0.25) is 0 Å². The molecule has 0 radical (unpaired) electrons. The van der Waals surface area contributed by atoms with Gasteiger partial charge in [0.05, 0.1) is 19.8 Å². The number of nitrogens with zero attached hydrogens (tertiary/aromatic N) is 1. The Bertz CT molecular complexity index is 223. The van der Waals surface area contributed by atoms with Gasteiger partial charge in [0.1, 0.15) is 0 Å². The molecule has 0 aliphatic carbocycles. The van der Waals surface area contributed by atoms with E-state index in [1.165, 1.54) is 0 Å². The van der Waals surface area contributed by atoms with Gasteiger partial charge in [-0.2, -0.15) is 0 Å². The van der Waals surface area contributed by atoms with Gasteiger partial charge in [-0.3, -0.25) is 9.69 Å². The molecule has 0 saturated carbocycles. The minimum absolute atomic E-state index is 0.224. The predicted octanol–water partition coefficient (Wildman–Crippen LogP) is 1.58. The van der Waals surface area contributed by atoms with Crippen LogP contribution in [0.4, 0.5) is 0 Å². The standard InChI is InChI=1S/C13H27NO3/c1-11(10-17-6)14(7-8-16-5)9-12(15)13(2,3)4/h11H,7-10H2,1-6H3. The second-order valence-corrected chi connectivity index (χ2v) is 5.44. The van der Waals surface area contributed by atoms with E-state index < -0.39 is 0 Å². The molecule has 4 heteroatoms. The summed E-state index contributed by atoms with van der Waals surface area (Å²) in [5.74, 6) is 0.247. The molecule has 0 bridgehead atoms. The molecule has 0 saturated heterocycles. The molecule has 0 N–H and O–H groups in total. The van der Waals surface area contributed by atoms with Gasteiger partial charge < -0.3 is 9.47 Å². The fourth-order valence-corrected chi connectivity index (χ4v) is 1.43. The lowest BCUT2D eigenvalue weighted by Gasteiger charge is -2.30. The third kappa shape index (κ3) is 6.76. The van der Waals surface area contributed by atoms with Gasteiger partial charge in [0, 0.05) is 32.2 Å². The summed E-state index contributed by atoms with van der Waals surface area (Å²) in [7, 11) is 3.35. The van der Waals surface area contributed by atoms with Crippen molar-refractivity contribution in [1.29, 1.82) is 0 Å². The summed E-state index contributed by atoms with van der Waals surface area (Å²) < 4.78 is 10.2. The number of hydrogen-bond donors (Lipinski definition) is 0. The largest absolute Gasteiger partial charge is 0.383 e. The molecule has 17 heavy (non-hydrogen) atoms. The minimum atomic E-state index is -0.294. The monoisotopic (exact) mass is 245 g/mol. The Hall–Kier alpha value is -0.450. The molecular formula is C13H27NO3. The zero-order chi connectivity index (χ0) is 13.5. The van der Waals surface area contributed by atoms with Crippen LogP contribution in [0.15, 0.2) is 0 Å². The molecule has 0 heterocycles. The van der Waals surface area contributed by atoms with Gasteiger partial charge in [0.25, 0.3) is 0 Å². The molecule has 0 aliphatic heterocycles. The highest BCUT2D eigenvalue weighted by Gasteiger charge is 2.25. The summed E-state index contributed by atoms with van der Waals surface area (Å²) in [6.07, 6.45) is 0. The number of rotatable bonds is 8. The van der Waals surface area contributed by atoms with Crippen LogP contribution in [0.25, 0.3) is 0 Å². The first kappa shape index (κ1) is 16.6. The zero-order valence-electron chi connectivity index (χ0n) is 12.1. The highest BCUT2D eigenvalue weighted by atomic mass is 16.5. The van der Waals surface area contributed by atoms with Crippen LogP contribution >= 0.6 is 0 Å². The topological polar surface area (TPSA) is 38.8 Å². The van der Waals surface area contributed by atoms with Gasteiger partial charge in [-0.15, -0.1) is 0 Å². The zero-order valence-corrected chi connectivity index (χ0v) is 12.1.